The zero-order valence-corrected chi connectivity index (χ0v) is 25.1. The summed E-state index contributed by atoms with van der Waals surface area (Å²) in [5, 5.41) is 7.67. The lowest BCUT2D eigenvalue weighted by Crippen LogP contribution is -2.48. The van der Waals surface area contributed by atoms with E-state index in [0.29, 0.717) is 10.7 Å². The zero-order valence-electron chi connectivity index (χ0n) is 24.2. The molecule has 4 atom stereocenters. The number of rotatable bonds is 7. The van der Waals surface area contributed by atoms with Crippen LogP contribution in [0.15, 0.2) is 53.9 Å². The number of para-hydroxylation sites is 1. The van der Waals surface area contributed by atoms with Crippen LogP contribution in [0, 0.1) is 30.1 Å². The molecule has 2 aromatic carbocycles. The van der Waals surface area contributed by atoms with Gasteiger partial charge in [0, 0.05) is 39.2 Å². The summed E-state index contributed by atoms with van der Waals surface area (Å²) in [6.07, 6.45) is 16.5. The first-order valence-electron chi connectivity index (χ1n) is 15.8. The van der Waals surface area contributed by atoms with Gasteiger partial charge in [-0.1, -0.05) is 50.1 Å². The van der Waals surface area contributed by atoms with E-state index in [1.165, 1.54) is 60.1 Å². The van der Waals surface area contributed by atoms with Gasteiger partial charge >= 0.3 is 0 Å². The molecule has 9 rings (SSSR count). The molecule has 4 fully saturated rings. The molecule has 0 saturated heterocycles. The molecule has 3 heterocycles. The number of carbonyl (C=O) groups is 1. The summed E-state index contributed by atoms with van der Waals surface area (Å²) in [6.45, 7) is 2.22. The molecule has 2 aromatic heterocycles. The number of hydrogen-bond acceptors (Lipinski definition) is 4. The van der Waals surface area contributed by atoms with Gasteiger partial charge in [-0.2, -0.15) is 0 Å². The van der Waals surface area contributed by atoms with Gasteiger partial charge in [0.1, 0.15) is 5.69 Å². The zero-order chi connectivity index (χ0) is 28.4. The number of fused-ring (bicyclic) bond motifs is 3. The fourth-order valence-corrected chi connectivity index (χ4v) is 9.85. The third kappa shape index (κ3) is 4.12. The maximum atomic E-state index is 14.3. The Labute approximate surface area is 252 Å². The molecule has 42 heavy (non-hydrogen) atoms. The number of terminal acetylenes is 1. The predicted octanol–water partition coefficient (Wildman–Crippen LogP) is 7.94. The van der Waals surface area contributed by atoms with Crippen LogP contribution in [0.25, 0.3) is 10.9 Å². The number of carbonyl (C=O) groups excluding carboxylic acids is 1. The van der Waals surface area contributed by atoms with Gasteiger partial charge in [-0.05, 0) is 97.9 Å². The Morgan fingerprint density at radius 3 is 2.67 bits per heavy atom. The van der Waals surface area contributed by atoms with E-state index >= 15 is 0 Å². The summed E-state index contributed by atoms with van der Waals surface area (Å²) in [7, 11) is 0. The Bertz CT molecular complexity index is 1680. The second kappa shape index (κ2) is 10.0. The quantitative estimate of drug-likeness (QED) is 0.220. The van der Waals surface area contributed by atoms with Crippen LogP contribution in [0.1, 0.15) is 96.6 Å². The van der Waals surface area contributed by atoms with Gasteiger partial charge in [0.15, 0.2) is 5.01 Å². The minimum absolute atomic E-state index is 0.0387. The van der Waals surface area contributed by atoms with Crippen LogP contribution in [0.3, 0.4) is 0 Å². The Balaban J connectivity index is 1.20. The molecular formula is C36H38N4OS. The van der Waals surface area contributed by atoms with Gasteiger partial charge in [-0.15, -0.1) is 17.8 Å². The van der Waals surface area contributed by atoms with E-state index in [0.717, 1.165) is 60.2 Å². The standard InChI is InChI=1S/C36H38N4OS/c1-3-5-8-27-18-29-28-9-6-7-10-30(28)38-33(29)34(40(27)35(41)31-21-42-32(4-2)37-31)24-11-13-26(14-12-24)39-36-19-22-15-23(20-36)17-25(36)16-22/h2,6-7,9-14,21-23,25,27,34,38-39H,3,5,8,15-20H2,1H3/t22?,23?,25?,27-,34-,36?/m0/s1. The minimum Gasteiger partial charge on any atom is -0.379 e. The Hall–Kier alpha value is -3.56. The van der Waals surface area contributed by atoms with Crippen molar-refractivity contribution in [1.82, 2.24) is 14.9 Å². The van der Waals surface area contributed by atoms with E-state index in [-0.39, 0.29) is 23.5 Å². The lowest BCUT2D eigenvalue weighted by atomic mass is 9.80. The van der Waals surface area contributed by atoms with Crippen molar-refractivity contribution in [3.63, 3.8) is 0 Å². The second-order valence-electron chi connectivity index (χ2n) is 13.3. The highest BCUT2D eigenvalue weighted by molar-refractivity contribution is 7.10. The molecule has 1 amide bonds. The minimum atomic E-state index is -0.225. The number of hydrogen-bond donors (Lipinski definition) is 2. The Morgan fingerprint density at radius 2 is 1.93 bits per heavy atom. The average molecular weight is 575 g/mol. The lowest BCUT2D eigenvalue weighted by Gasteiger charge is -2.42. The summed E-state index contributed by atoms with van der Waals surface area (Å²) < 4.78 is 0. The van der Waals surface area contributed by atoms with Crippen LogP contribution in [-0.4, -0.2) is 32.4 Å². The first-order valence-corrected chi connectivity index (χ1v) is 16.7. The highest BCUT2D eigenvalue weighted by Crippen LogP contribution is 2.61. The van der Waals surface area contributed by atoms with Gasteiger partial charge in [0.2, 0.25) is 0 Å². The molecule has 6 heteroatoms. The van der Waals surface area contributed by atoms with Crippen molar-refractivity contribution in [2.75, 3.05) is 5.32 Å². The van der Waals surface area contributed by atoms with Crippen molar-refractivity contribution in [3.8, 4) is 12.3 Å². The topological polar surface area (TPSA) is 61.0 Å². The second-order valence-corrected chi connectivity index (χ2v) is 14.2. The third-order valence-corrected chi connectivity index (χ3v) is 11.6. The number of amides is 1. The molecule has 2 N–H and O–H groups in total. The maximum absolute atomic E-state index is 14.3. The molecule has 4 saturated carbocycles. The van der Waals surface area contributed by atoms with Crippen LogP contribution in [0.4, 0.5) is 5.69 Å². The van der Waals surface area contributed by atoms with Crippen molar-refractivity contribution < 1.29 is 4.79 Å². The first-order chi connectivity index (χ1) is 20.5. The average Bonchev–Trinajstić information content (AvgIpc) is 3.74. The van der Waals surface area contributed by atoms with E-state index in [9.17, 15) is 4.79 Å². The normalized spacial score (nSPS) is 29.1. The molecule has 0 spiro atoms. The number of benzene rings is 2. The highest BCUT2D eigenvalue weighted by Gasteiger charge is 2.57. The summed E-state index contributed by atoms with van der Waals surface area (Å²) in [6, 6.07) is 17.4. The van der Waals surface area contributed by atoms with Crippen LogP contribution >= 0.6 is 11.3 Å². The summed E-state index contributed by atoms with van der Waals surface area (Å²) >= 11 is 1.36. The van der Waals surface area contributed by atoms with Crippen molar-refractivity contribution in [1.29, 1.82) is 0 Å². The van der Waals surface area contributed by atoms with E-state index in [4.69, 9.17) is 6.42 Å². The Morgan fingerprint density at radius 1 is 1.14 bits per heavy atom. The van der Waals surface area contributed by atoms with Crippen LogP contribution in [0.2, 0.25) is 0 Å². The van der Waals surface area contributed by atoms with Gasteiger partial charge in [-0.25, -0.2) is 4.98 Å². The first kappa shape index (κ1) is 26.1. The van der Waals surface area contributed by atoms with Crippen LogP contribution in [0.5, 0.6) is 0 Å². The Kier molecular flexibility index (Phi) is 6.23. The molecule has 5 aliphatic rings. The molecule has 2 unspecified atom stereocenters. The van der Waals surface area contributed by atoms with Gasteiger partial charge in [0.05, 0.1) is 6.04 Å². The predicted molar refractivity (Wildman–Crippen MR) is 170 cm³/mol. The van der Waals surface area contributed by atoms with Crippen molar-refractivity contribution >= 4 is 33.8 Å². The van der Waals surface area contributed by atoms with Crippen LogP contribution < -0.4 is 5.32 Å². The number of unbranched alkanes of at least 4 members (excludes halogenated alkanes) is 1. The van der Waals surface area contributed by atoms with E-state index < -0.39 is 0 Å². The molecule has 0 radical (unpaired) electrons. The summed E-state index contributed by atoms with van der Waals surface area (Å²) in [5.41, 5.74) is 6.66. The fourth-order valence-electron chi connectivity index (χ4n) is 9.26. The van der Waals surface area contributed by atoms with Crippen molar-refractivity contribution in [3.05, 3.63) is 81.4 Å². The number of aromatic nitrogens is 2. The van der Waals surface area contributed by atoms with E-state index in [1.54, 1.807) is 0 Å². The highest BCUT2D eigenvalue weighted by atomic mass is 32.1. The molecule has 214 valence electrons. The summed E-state index contributed by atoms with van der Waals surface area (Å²) in [5.74, 6) is 5.22. The SMILES string of the molecule is C#Cc1nc(C(=O)N2[C@@H](CCCC)Cc3c([nH]c4ccccc34)[C@@H]2c2ccc(NC34CC5CC(CC3C5)C4)cc2)cs1. The number of H-pyrrole nitrogens is 1. The van der Waals surface area contributed by atoms with E-state index in [1.807, 2.05) is 5.38 Å². The monoisotopic (exact) mass is 574 g/mol. The fraction of sp³-hybridized carbons (Fsp3) is 0.444. The number of nitrogens with zero attached hydrogens (tertiary/aromatic N) is 2. The molecule has 4 bridgehead atoms. The molecule has 4 aromatic rings. The van der Waals surface area contributed by atoms with Crippen LogP contribution in [-0.2, 0) is 6.42 Å². The number of thiazole rings is 1. The molecule has 4 aliphatic carbocycles. The van der Waals surface area contributed by atoms with Crippen molar-refractivity contribution in [2.24, 2.45) is 17.8 Å². The number of aromatic amines is 1. The molecule has 5 nitrogen and oxygen atoms in total. The van der Waals surface area contributed by atoms with Gasteiger partial charge in [-0.3, -0.25) is 4.79 Å². The smallest absolute Gasteiger partial charge is 0.274 e. The maximum Gasteiger partial charge on any atom is 0.274 e. The van der Waals surface area contributed by atoms with E-state index in [2.05, 4.69) is 81.6 Å². The lowest BCUT2D eigenvalue weighted by molar-refractivity contribution is 0.0557. The van der Waals surface area contributed by atoms with Crippen molar-refractivity contribution in [2.45, 2.75) is 82.3 Å². The van der Waals surface area contributed by atoms with Gasteiger partial charge in [0.25, 0.3) is 5.91 Å². The molecular weight excluding hydrogens is 536 g/mol. The largest absolute Gasteiger partial charge is 0.379 e. The number of anilines is 1. The summed E-state index contributed by atoms with van der Waals surface area (Å²) in [4.78, 5) is 24.7. The third-order valence-electron chi connectivity index (χ3n) is 10.8. The molecule has 1 aliphatic heterocycles. The van der Waals surface area contributed by atoms with Gasteiger partial charge < -0.3 is 15.2 Å². The number of nitrogens with one attached hydrogen (secondary N) is 2.